The number of alkyl halides is 1. The number of ether oxygens (including phenoxy) is 3. The first-order valence-corrected chi connectivity index (χ1v) is 6.69. The predicted octanol–water partition coefficient (Wildman–Crippen LogP) is 2.22. The van der Waals surface area contributed by atoms with Crippen LogP contribution in [0.2, 0.25) is 0 Å². The summed E-state index contributed by atoms with van der Waals surface area (Å²) < 4.78 is 14.6. The largest absolute Gasteiger partial charge is 0.465 e. The van der Waals surface area contributed by atoms with Crippen molar-refractivity contribution < 1.29 is 28.6 Å². The standard InChI is InChI=1S/C13H13BrO6/c1-7(15)19-10-4-9(6-14)12(13(17)18-3)11(5-10)20-8(2)16/h4-5H,6H2,1-3H3. The molecule has 0 aliphatic rings. The van der Waals surface area contributed by atoms with Crippen molar-refractivity contribution in [2.45, 2.75) is 19.2 Å². The van der Waals surface area contributed by atoms with Crippen LogP contribution in [0.3, 0.4) is 0 Å². The van der Waals surface area contributed by atoms with Gasteiger partial charge in [-0.25, -0.2) is 4.79 Å². The van der Waals surface area contributed by atoms with Crippen molar-refractivity contribution >= 4 is 33.8 Å². The molecule has 0 amide bonds. The monoisotopic (exact) mass is 344 g/mol. The molecule has 0 spiro atoms. The molecule has 7 heteroatoms. The molecule has 0 aliphatic heterocycles. The van der Waals surface area contributed by atoms with Crippen molar-refractivity contribution in [2.24, 2.45) is 0 Å². The van der Waals surface area contributed by atoms with Crippen LogP contribution in [-0.4, -0.2) is 25.0 Å². The minimum atomic E-state index is -0.648. The molecule has 0 heterocycles. The third kappa shape index (κ3) is 4.06. The van der Waals surface area contributed by atoms with Gasteiger partial charge < -0.3 is 14.2 Å². The van der Waals surface area contributed by atoms with Gasteiger partial charge in [-0.05, 0) is 11.6 Å². The number of hydrogen-bond donors (Lipinski definition) is 0. The maximum absolute atomic E-state index is 11.8. The maximum atomic E-state index is 11.8. The van der Waals surface area contributed by atoms with Crippen LogP contribution < -0.4 is 9.47 Å². The third-order valence-electron chi connectivity index (χ3n) is 2.21. The van der Waals surface area contributed by atoms with E-state index in [4.69, 9.17) is 9.47 Å². The fourth-order valence-corrected chi connectivity index (χ4v) is 1.99. The molecule has 0 radical (unpaired) electrons. The Balaban J connectivity index is 3.42. The zero-order valence-corrected chi connectivity index (χ0v) is 12.8. The van der Waals surface area contributed by atoms with Crippen LogP contribution in [0.15, 0.2) is 12.1 Å². The molecule has 1 aromatic rings. The van der Waals surface area contributed by atoms with Gasteiger partial charge in [0.25, 0.3) is 0 Å². The van der Waals surface area contributed by atoms with Gasteiger partial charge in [-0.2, -0.15) is 0 Å². The first-order valence-electron chi connectivity index (χ1n) is 5.57. The molecular formula is C13H13BrO6. The van der Waals surface area contributed by atoms with Crippen LogP contribution >= 0.6 is 15.9 Å². The summed E-state index contributed by atoms with van der Waals surface area (Å²) in [6, 6.07) is 2.79. The van der Waals surface area contributed by atoms with Crippen molar-refractivity contribution in [2.75, 3.05) is 7.11 Å². The Morgan fingerprint density at radius 3 is 2.15 bits per heavy atom. The predicted molar refractivity (Wildman–Crippen MR) is 73.0 cm³/mol. The van der Waals surface area contributed by atoms with Gasteiger partial charge in [0.15, 0.2) is 0 Å². The minimum absolute atomic E-state index is 0.0162. The number of hydrogen-bond acceptors (Lipinski definition) is 6. The Kier molecular flexibility index (Phi) is 5.69. The number of methoxy groups -OCH3 is 1. The molecule has 0 bridgehead atoms. The molecule has 108 valence electrons. The first-order chi connectivity index (χ1) is 9.38. The van der Waals surface area contributed by atoms with Gasteiger partial charge in [0, 0.05) is 25.2 Å². The van der Waals surface area contributed by atoms with E-state index in [0.29, 0.717) is 10.9 Å². The number of benzene rings is 1. The minimum Gasteiger partial charge on any atom is -0.465 e. The van der Waals surface area contributed by atoms with Gasteiger partial charge >= 0.3 is 17.9 Å². The quantitative estimate of drug-likeness (QED) is 0.473. The second kappa shape index (κ2) is 7.04. The lowest BCUT2D eigenvalue weighted by Crippen LogP contribution is -2.12. The van der Waals surface area contributed by atoms with Crippen LogP contribution in [0.1, 0.15) is 29.8 Å². The first kappa shape index (κ1) is 16.2. The molecule has 20 heavy (non-hydrogen) atoms. The fourth-order valence-electron chi connectivity index (χ4n) is 1.54. The zero-order valence-electron chi connectivity index (χ0n) is 11.2. The van der Waals surface area contributed by atoms with Crippen molar-refractivity contribution in [3.8, 4) is 11.5 Å². The van der Waals surface area contributed by atoms with Crippen molar-refractivity contribution in [3.05, 3.63) is 23.3 Å². The molecule has 0 unspecified atom stereocenters. The molecule has 0 N–H and O–H groups in total. The van der Waals surface area contributed by atoms with Crippen molar-refractivity contribution in [1.29, 1.82) is 0 Å². The third-order valence-corrected chi connectivity index (χ3v) is 2.81. The fraction of sp³-hybridized carbons (Fsp3) is 0.308. The van der Waals surface area contributed by atoms with Gasteiger partial charge in [-0.15, -0.1) is 0 Å². The van der Waals surface area contributed by atoms with E-state index in [2.05, 4.69) is 20.7 Å². The summed E-state index contributed by atoms with van der Waals surface area (Å²) in [6.07, 6.45) is 0. The molecule has 0 saturated carbocycles. The molecule has 0 fully saturated rings. The summed E-state index contributed by atoms with van der Waals surface area (Å²) >= 11 is 3.22. The van der Waals surface area contributed by atoms with Gasteiger partial charge in [0.1, 0.15) is 17.1 Å². The van der Waals surface area contributed by atoms with Crippen LogP contribution in [-0.2, 0) is 19.7 Å². The van der Waals surface area contributed by atoms with Crippen LogP contribution in [0.5, 0.6) is 11.5 Å². The average molecular weight is 345 g/mol. The molecular weight excluding hydrogens is 332 g/mol. The zero-order chi connectivity index (χ0) is 15.3. The van der Waals surface area contributed by atoms with Crippen molar-refractivity contribution in [1.82, 2.24) is 0 Å². The molecule has 0 saturated heterocycles. The smallest absolute Gasteiger partial charge is 0.341 e. The number of rotatable bonds is 4. The Labute approximate surface area is 124 Å². The Bertz CT molecular complexity index is 552. The number of esters is 3. The van der Waals surface area contributed by atoms with Crippen LogP contribution in [0, 0.1) is 0 Å². The molecule has 1 rings (SSSR count). The van der Waals surface area contributed by atoms with Crippen LogP contribution in [0.25, 0.3) is 0 Å². The highest BCUT2D eigenvalue weighted by Gasteiger charge is 2.21. The van der Waals surface area contributed by atoms with E-state index < -0.39 is 17.9 Å². The topological polar surface area (TPSA) is 78.9 Å². The summed E-state index contributed by atoms with van der Waals surface area (Å²) in [4.78, 5) is 33.9. The van der Waals surface area contributed by atoms with Crippen LogP contribution in [0.4, 0.5) is 0 Å². The molecule has 0 aliphatic carbocycles. The molecule has 6 nitrogen and oxygen atoms in total. The normalized spacial score (nSPS) is 9.80. The van der Waals surface area contributed by atoms with E-state index in [-0.39, 0.29) is 17.1 Å². The lowest BCUT2D eigenvalue weighted by molar-refractivity contribution is -0.132. The summed E-state index contributed by atoms with van der Waals surface area (Å²) in [5, 5.41) is 0.292. The second-order valence-corrected chi connectivity index (χ2v) is 4.33. The van der Waals surface area contributed by atoms with Gasteiger partial charge in [-0.3, -0.25) is 9.59 Å². The second-order valence-electron chi connectivity index (χ2n) is 3.77. The van der Waals surface area contributed by atoms with E-state index in [1.807, 2.05) is 0 Å². The highest BCUT2D eigenvalue weighted by molar-refractivity contribution is 9.08. The summed E-state index contributed by atoms with van der Waals surface area (Å²) in [5.41, 5.74) is 0.585. The maximum Gasteiger partial charge on any atom is 0.341 e. The molecule has 0 aromatic heterocycles. The number of carbonyl (C=O) groups is 3. The Hall–Kier alpha value is -1.89. The highest BCUT2D eigenvalue weighted by atomic mass is 79.9. The van der Waals surface area contributed by atoms with Gasteiger partial charge in [0.2, 0.25) is 0 Å². The highest BCUT2D eigenvalue weighted by Crippen LogP contribution is 2.31. The SMILES string of the molecule is COC(=O)c1c(CBr)cc(OC(C)=O)cc1OC(C)=O. The summed E-state index contributed by atoms with van der Waals surface area (Å²) in [6.45, 7) is 2.45. The van der Waals surface area contributed by atoms with E-state index in [1.165, 1.54) is 33.1 Å². The lowest BCUT2D eigenvalue weighted by atomic mass is 10.1. The Morgan fingerprint density at radius 1 is 1.10 bits per heavy atom. The summed E-state index contributed by atoms with van der Waals surface area (Å²) in [5.74, 6) is -1.61. The lowest BCUT2D eigenvalue weighted by Gasteiger charge is -2.13. The van der Waals surface area contributed by atoms with Gasteiger partial charge in [0.05, 0.1) is 7.11 Å². The van der Waals surface area contributed by atoms with Gasteiger partial charge in [-0.1, -0.05) is 15.9 Å². The van der Waals surface area contributed by atoms with E-state index in [1.54, 1.807) is 0 Å². The number of carbonyl (C=O) groups excluding carboxylic acids is 3. The Morgan fingerprint density at radius 2 is 1.70 bits per heavy atom. The van der Waals surface area contributed by atoms with E-state index in [9.17, 15) is 14.4 Å². The number of halogens is 1. The molecule has 0 atom stereocenters. The van der Waals surface area contributed by atoms with E-state index >= 15 is 0 Å². The van der Waals surface area contributed by atoms with Crippen molar-refractivity contribution in [3.63, 3.8) is 0 Å². The average Bonchev–Trinajstić information content (AvgIpc) is 2.35. The molecule has 1 aromatic carbocycles. The van der Waals surface area contributed by atoms with E-state index in [0.717, 1.165) is 0 Å². The summed E-state index contributed by atoms with van der Waals surface area (Å²) in [7, 11) is 1.22.